The molecule has 0 amide bonds. The van der Waals surface area contributed by atoms with Gasteiger partial charge in [0.25, 0.3) is 0 Å². The van der Waals surface area contributed by atoms with Gasteiger partial charge in [-0.15, -0.1) is 11.6 Å². The average molecular weight is 346 g/mol. The topological polar surface area (TPSA) is 85.0 Å². The minimum absolute atomic E-state index is 0.0397. The van der Waals surface area contributed by atoms with Crippen molar-refractivity contribution < 1.29 is 13.2 Å². The minimum Gasteiger partial charge on any atom is -0.386 e. The fourth-order valence-electron chi connectivity index (χ4n) is 2.21. The molecule has 2 rings (SSSR count). The molecule has 0 radical (unpaired) electrons. The second-order valence-electron chi connectivity index (χ2n) is 4.89. The molecular weight excluding hydrogens is 326 g/mol. The number of amidine groups is 1. The van der Waals surface area contributed by atoms with E-state index >= 15 is 0 Å². The van der Waals surface area contributed by atoms with Gasteiger partial charge in [0.15, 0.2) is 9.84 Å². The van der Waals surface area contributed by atoms with Crippen LogP contribution in [0.3, 0.4) is 0 Å². The largest absolute Gasteiger partial charge is 0.386 e. The highest BCUT2D eigenvalue weighted by Crippen LogP contribution is 2.32. The second kappa shape index (κ2) is 7.30. The number of nitrogens with zero attached hydrogens (tertiary/aromatic N) is 2. The molecule has 0 unspecified atom stereocenters. The van der Waals surface area contributed by atoms with E-state index in [2.05, 4.69) is 9.89 Å². The first-order valence-corrected chi connectivity index (χ1v) is 9.25. The Morgan fingerprint density at radius 3 is 2.68 bits per heavy atom. The standard InChI is InChI=1S/C14H20ClN3O3S/c1-2-22(19,20)11-3-4-13(18-5-7-21-8-6-18)12(9-11)17-14(16)10-15/h3-4,9H,2,5-8,10H2,1H3,(H2,16,17). The molecule has 6 nitrogen and oxygen atoms in total. The van der Waals surface area contributed by atoms with Crippen molar-refractivity contribution in [3.8, 4) is 0 Å². The van der Waals surface area contributed by atoms with Crippen LogP contribution in [0.25, 0.3) is 0 Å². The maximum absolute atomic E-state index is 12.1. The van der Waals surface area contributed by atoms with Gasteiger partial charge in [0.1, 0.15) is 5.84 Å². The van der Waals surface area contributed by atoms with Crippen molar-refractivity contribution in [1.82, 2.24) is 0 Å². The van der Waals surface area contributed by atoms with Gasteiger partial charge in [0.2, 0.25) is 0 Å². The third-order valence-electron chi connectivity index (χ3n) is 3.44. The number of benzene rings is 1. The maximum atomic E-state index is 12.1. The quantitative estimate of drug-likeness (QED) is 0.497. The van der Waals surface area contributed by atoms with E-state index in [1.165, 1.54) is 0 Å². The molecule has 22 heavy (non-hydrogen) atoms. The summed E-state index contributed by atoms with van der Waals surface area (Å²) in [6, 6.07) is 4.94. The molecule has 1 heterocycles. The van der Waals surface area contributed by atoms with Crippen LogP contribution >= 0.6 is 11.6 Å². The van der Waals surface area contributed by atoms with Crippen molar-refractivity contribution in [3.05, 3.63) is 18.2 Å². The van der Waals surface area contributed by atoms with Crippen molar-refractivity contribution in [2.24, 2.45) is 10.7 Å². The SMILES string of the molecule is CCS(=O)(=O)c1ccc(N2CCOCC2)c(N=C(N)CCl)c1. The molecule has 0 aromatic heterocycles. The summed E-state index contributed by atoms with van der Waals surface area (Å²) in [6.45, 7) is 4.32. The zero-order valence-electron chi connectivity index (χ0n) is 12.5. The van der Waals surface area contributed by atoms with E-state index in [-0.39, 0.29) is 22.4 Å². The van der Waals surface area contributed by atoms with Crippen molar-refractivity contribution in [2.75, 3.05) is 42.8 Å². The van der Waals surface area contributed by atoms with Gasteiger partial charge in [-0.2, -0.15) is 0 Å². The Kier molecular flexibility index (Phi) is 5.66. The van der Waals surface area contributed by atoms with Crippen molar-refractivity contribution in [1.29, 1.82) is 0 Å². The molecular formula is C14H20ClN3O3S. The molecule has 0 aliphatic carbocycles. The lowest BCUT2D eigenvalue weighted by Gasteiger charge is -2.30. The predicted octanol–water partition coefficient (Wildman–Crippen LogP) is 1.54. The number of halogens is 1. The Labute approximate surface area is 135 Å². The third-order valence-corrected chi connectivity index (χ3v) is 5.44. The Morgan fingerprint density at radius 1 is 1.41 bits per heavy atom. The van der Waals surface area contributed by atoms with Crippen LogP contribution < -0.4 is 10.6 Å². The first-order valence-electron chi connectivity index (χ1n) is 7.06. The van der Waals surface area contributed by atoms with Gasteiger partial charge in [0.05, 0.1) is 41.1 Å². The van der Waals surface area contributed by atoms with Crippen molar-refractivity contribution in [3.63, 3.8) is 0 Å². The molecule has 0 atom stereocenters. The van der Waals surface area contributed by atoms with Crippen LogP contribution in [0, 0.1) is 0 Å². The minimum atomic E-state index is -3.30. The predicted molar refractivity (Wildman–Crippen MR) is 89.2 cm³/mol. The summed E-state index contributed by atoms with van der Waals surface area (Å²) < 4.78 is 29.5. The molecule has 1 aromatic rings. The van der Waals surface area contributed by atoms with Crippen molar-refractivity contribution in [2.45, 2.75) is 11.8 Å². The number of alkyl halides is 1. The summed E-state index contributed by atoms with van der Waals surface area (Å²) >= 11 is 5.69. The lowest BCUT2D eigenvalue weighted by Crippen LogP contribution is -2.36. The number of aliphatic imine (C=N–C) groups is 1. The lowest BCUT2D eigenvalue weighted by molar-refractivity contribution is 0.123. The number of anilines is 1. The number of nitrogens with two attached hydrogens (primary N) is 1. The van der Waals surface area contributed by atoms with E-state index in [1.54, 1.807) is 25.1 Å². The van der Waals surface area contributed by atoms with E-state index < -0.39 is 9.84 Å². The number of rotatable bonds is 5. The summed E-state index contributed by atoms with van der Waals surface area (Å²) in [5, 5.41) is 0. The van der Waals surface area contributed by atoms with Crippen LogP contribution in [0.1, 0.15) is 6.92 Å². The highest BCUT2D eigenvalue weighted by Gasteiger charge is 2.19. The zero-order valence-corrected chi connectivity index (χ0v) is 14.0. The third kappa shape index (κ3) is 3.91. The molecule has 1 saturated heterocycles. The highest BCUT2D eigenvalue weighted by molar-refractivity contribution is 7.91. The number of morpholine rings is 1. The van der Waals surface area contributed by atoms with Crippen molar-refractivity contribution >= 4 is 38.6 Å². The molecule has 1 aliphatic heterocycles. The van der Waals surface area contributed by atoms with Crippen LogP contribution in [0.5, 0.6) is 0 Å². The van der Waals surface area contributed by atoms with Gasteiger partial charge in [-0.1, -0.05) is 6.92 Å². The summed E-state index contributed by atoms with van der Waals surface area (Å²) in [5.74, 6) is 0.382. The Bertz CT molecular complexity index is 655. The molecule has 1 fully saturated rings. The molecule has 1 aromatic carbocycles. The van der Waals surface area contributed by atoms with E-state index in [0.29, 0.717) is 18.9 Å². The first kappa shape index (κ1) is 17.1. The molecule has 0 spiro atoms. The summed E-state index contributed by atoms with van der Waals surface area (Å²) in [7, 11) is -3.30. The van der Waals surface area contributed by atoms with E-state index in [4.69, 9.17) is 22.1 Å². The smallest absolute Gasteiger partial charge is 0.178 e. The van der Waals surface area contributed by atoms with Gasteiger partial charge in [-0.25, -0.2) is 13.4 Å². The fraction of sp³-hybridized carbons (Fsp3) is 0.500. The van der Waals surface area contributed by atoms with Gasteiger partial charge < -0.3 is 15.4 Å². The Hall–Kier alpha value is -1.31. The van der Waals surface area contributed by atoms with Gasteiger partial charge >= 0.3 is 0 Å². The van der Waals surface area contributed by atoms with E-state index in [9.17, 15) is 8.42 Å². The second-order valence-corrected chi connectivity index (χ2v) is 7.44. The molecule has 122 valence electrons. The summed E-state index contributed by atoms with van der Waals surface area (Å²) in [5.41, 5.74) is 7.08. The monoisotopic (exact) mass is 345 g/mol. The fourth-order valence-corrected chi connectivity index (χ4v) is 3.17. The first-order chi connectivity index (χ1) is 10.5. The van der Waals surface area contributed by atoms with Crippen LogP contribution in [0.2, 0.25) is 0 Å². The van der Waals surface area contributed by atoms with Gasteiger partial charge in [-0.3, -0.25) is 0 Å². The number of hydrogen-bond donors (Lipinski definition) is 1. The average Bonchev–Trinajstić information content (AvgIpc) is 2.55. The Balaban J connectivity index is 2.48. The number of ether oxygens (including phenoxy) is 1. The summed E-state index contributed by atoms with van der Waals surface area (Å²) in [6.07, 6.45) is 0. The van der Waals surface area contributed by atoms with Crippen LogP contribution in [0.4, 0.5) is 11.4 Å². The highest BCUT2D eigenvalue weighted by atomic mass is 35.5. The number of hydrogen-bond acceptors (Lipinski definition) is 5. The molecule has 0 saturated carbocycles. The van der Waals surface area contributed by atoms with Gasteiger partial charge in [-0.05, 0) is 18.2 Å². The molecule has 8 heteroatoms. The van der Waals surface area contributed by atoms with Gasteiger partial charge in [0, 0.05) is 13.1 Å². The van der Waals surface area contributed by atoms with Crippen LogP contribution in [-0.4, -0.2) is 52.2 Å². The molecule has 1 aliphatic rings. The van der Waals surface area contributed by atoms with Crippen LogP contribution in [0.15, 0.2) is 28.1 Å². The molecule has 2 N–H and O–H groups in total. The Morgan fingerprint density at radius 2 is 2.09 bits per heavy atom. The van der Waals surface area contributed by atoms with E-state index in [0.717, 1.165) is 18.8 Å². The van der Waals surface area contributed by atoms with E-state index in [1.807, 2.05) is 0 Å². The summed E-state index contributed by atoms with van der Waals surface area (Å²) in [4.78, 5) is 6.62. The number of sulfone groups is 1. The maximum Gasteiger partial charge on any atom is 0.178 e. The lowest BCUT2D eigenvalue weighted by atomic mass is 10.2. The molecule has 0 bridgehead atoms. The normalized spacial score (nSPS) is 16.8. The zero-order chi connectivity index (χ0) is 16.2. The van der Waals surface area contributed by atoms with Crippen LogP contribution in [-0.2, 0) is 14.6 Å².